The minimum atomic E-state index is 0.0764. The molecule has 3 aromatic rings. The van der Waals surface area contributed by atoms with Crippen LogP contribution < -0.4 is 9.80 Å². The molecular weight excluding hydrogens is 386 g/mol. The van der Waals surface area contributed by atoms with E-state index < -0.39 is 0 Å². The molecule has 0 aliphatic carbocycles. The Morgan fingerprint density at radius 2 is 1.77 bits per heavy atom. The summed E-state index contributed by atoms with van der Waals surface area (Å²) in [4.78, 5) is 21.6. The highest BCUT2D eigenvalue weighted by molar-refractivity contribution is 5.96. The Morgan fingerprint density at radius 1 is 0.968 bits per heavy atom. The van der Waals surface area contributed by atoms with Gasteiger partial charge in [-0.1, -0.05) is 17.7 Å². The van der Waals surface area contributed by atoms with E-state index in [1.165, 1.54) is 11.1 Å². The summed E-state index contributed by atoms with van der Waals surface area (Å²) >= 11 is 0. The van der Waals surface area contributed by atoms with E-state index in [0.29, 0.717) is 0 Å². The summed E-state index contributed by atoms with van der Waals surface area (Å²) < 4.78 is 0. The van der Waals surface area contributed by atoms with E-state index in [0.717, 1.165) is 68.1 Å². The highest BCUT2D eigenvalue weighted by Crippen LogP contribution is 2.32. The van der Waals surface area contributed by atoms with Crippen LogP contribution in [0, 0.1) is 12.8 Å². The van der Waals surface area contributed by atoms with Crippen molar-refractivity contribution < 1.29 is 4.79 Å². The molecule has 0 N–H and O–H groups in total. The summed E-state index contributed by atoms with van der Waals surface area (Å²) in [6.07, 6.45) is 7.33. The lowest BCUT2D eigenvalue weighted by molar-refractivity contribution is -0.123. The molecule has 4 heterocycles. The molecule has 1 fully saturated rings. The van der Waals surface area contributed by atoms with Gasteiger partial charge in [-0.25, -0.2) is 0 Å². The Morgan fingerprint density at radius 3 is 2.52 bits per heavy atom. The van der Waals surface area contributed by atoms with E-state index in [4.69, 9.17) is 0 Å². The molecule has 0 saturated carbocycles. The minimum Gasteiger partial charge on any atom is -0.355 e. The summed E-state index contributed by atoms with van der Waals surface area (Å²) in [5, 5.41) is 8.83. The molecule has 2 aliphatic rings. The van der Waals surface area contributed by atoms with Crippen molar-refractivity contribution in [3.63, 3.8) is 0 Å². The van der Waals surface area contributed by atoms with E-state index in [2.05, 4.69) is 45.2 Å². The van der Waals surface area contributed by atoms with E-state index in [1.807, 2.05) is 29.2 Å². The molecule has 0 unspecified atom stereocenters. The van der Waals surface area contributed by atoms with Crippen LogP contribution >= 0.6 is 0 Å². The van der Waals surface area contributed by atoms with Crippen LogP contribution in [0.3, 0.4) is 0 Å². The first kappa shape index (κ1) is 19.7. The summed E-state index contributed by atoms with van der Waals surface area (Å²) in [5.74, 6) is 1.23. The Labute approximate surface area is 182 Å². The molecule has 0 bridgehead atoms. The number of anilines is 2. The normalized spacial score (nSPS) is 16.8. The SMILES string of the molecule is Cc1ccc2c(c1)CCCN2C(=O)C1CCN(c2ccc(-c3ccncc3)nn2)CC1. The number of piperidine rings is 1. The lowest BCUT2D eigenvalue weighted by Crippen LogP contribution is -2.44. The largest absolute Gasteiger partial charge is 0.355 e. The van der Waals surface area contributed by atoms with Crippen molar-refractivity contribution in [2.75, 3.05) is 29.4 Å². The number of nitrogens with zero attached hydrogens (tertiary/aromatic N) is 5. The fourth-order valence-corrected chi connectivity index (χ4v) is 4.70. The second-order valence-corrected chi connectivity index (χ2v) is 8.50. The van der Waals surface area contributed by atoms with Gasteiger partial charge in [0.05, 0.1) is 5.69 Å². The third-order valence-corrected chi connectivity index (χ3v) is 6.41. The smallest absolute Gasteiger partial charge is 0.230 e. The zero-order valence-electron chi connectivity index (χ0n) is 17.9. The van der Waals surface area contributed by atoms with E-state index in [1.54, 1.807) is 12.4 Å². The van der Waals surface area contributed by atoms with E-state index in [9.17, 15) is 4.79 Å². The highest BCUT2D eigenvalue weighted by atomic mass is 16.2. The monoisotopic (exact) mass is 413 g/mol. The maximum atomic E-state index is 13.3. The maximum Gasteiger partial charge on any atom is 0.230 e. The van der Waals surface area contributed by atoms with Gasteiger partial charge in [-0.3, -0.25) is 9.78 Å². The highest BCUT2D eigenvalue weighted by Gasteiger charge is 2.31. The van der Waals surface area contributed by atoms with Gasteiger partial charge in [0.2, 0.25) is 5.91 Å². The van der Waals surface area contributed by atoms with Crippen molar-refractivity contribution >= 4 is 17.4 Å². The molecule has 2 aliphatic heterocycles. The summed E-state index contributed by atoms with van der Waals surface area (Å²) in [6.45, 7) is 4.60. The number of hydrogen-bond donors (Lipinski definition) is 0. The van der Waals surface area contributed by atoms with Crippen molar-refractivity contribution in [2.24, 2.45) is 5.92 Å². The Hall–Kier alpha value is -3.28. The molecule has 5 rings (SSSR count). The molecule has 158 valence electrons. The standard InChI is InChI=1S/C25H27N5O/c1-18-4-6-23-21(17-18)3-2-14-30(23)25(31)20-10-15-29(16-11-20)24-7-5-22(27-28-24)19-8-12-26-13-9-19/h4-9,12-13,17,20H,2-3,10-11,14-16H2,1H3. The van der Waals surface area contributed by atoms with Crippen LogP contribution in [0.1, 0.15) is 30.4 Å². The molecule has 31 heavy (non-hydrogen) atoms. The fraction of sp³-hybridized carbons (Fsp3) is 0.360. The first-order chi connectivity index (χ1) is 15.2. The van der Waals surface area contributed by atoms with E-state index in [-0.39, 0.29) is 11.8 Å². The summed E-state index contributed by atoms with van der Waals surface area (Å²) in [7, 11) is 0. The quantitative estimate of drug-likeness (QED) is 0.648. The number of hydrogen-bond acceptors (Lipinski definition) is 5. The van der Waals surface area contributed by atoms with Crippen LogP contribution in [-0.4, -0.2) is 40.7 Å². The number of amides is 1. The number of benzene rings is 1. The first-order valence-corrected chi connectivity index (χ1v) is 11.1. The van der Waals surface area contributed by atoms with Gasteiger partial charge in [-0.15, -0.1) is 10.2 Å². The van der Waals surface area contributed by atoms with Gasteiger partial charge < -0.3 is 9.80 Å². The molecule has 1 saturated heterocycles. The molecule has 1 amide bonds. The van der Waals surface area contributed by atoms with Crippen LogP contribution in [0.15, 0.2) is 54.9 Å². The molecule has 0 radical (unpaired) electrons. The van der Waals surface area contributed by atoms with Crippen LogP contribution in [0.2, 0.25) is 0 Å². The topological polar surface area (TPSA) is 62.2 Å². The van der Waals surface area contributed by atoms with Gasteiger partial charge in [0.1, 0.15) is 0 Å². The number of fused-ring (bicyclic) bond motifs is 1. The van der Waals surface area contributed by atoms with Crippen molar-refractivity contribution in [1.29, 1.82) is 0 Å². The van der Waals surface area contributed by atoms with Gasteiger partial charge in [0.15, 0.2) is 5.82 Å². The average Bonchev–Trinajstić information content (AvgIpc) is 2.84. The predicted octanol–water partition coefficient (Wildman–Crippen LogP) is 4.04. The van der Waals surface area contributed by atoms with Gasteiger partial charge in [0, 0.05) is 49.2 Å². The Bertz CT molecular complexity index is 1060. The maximum absolute atomic E-state index is 13.3. The van der Waals surface area contributed by atoms with Crippen LogP contribution in [0.5, 0.6) is 0 Å². The summed E-state index contributed by atoms with van der Waals surface area (Å²) in [5.41, 5.74) is 5.53. The molecule has 1 aromatic carbocycles. The molecule has 0 spiro atoms. The third kappa shape index (κ3) is 4.02. The second kappa shape index (κ2) is 8.46. The lowest BCUT2D eigenvalue weighted by Gasteiger charge is -2.36. The van der Waals surface area contributed by atoms with Crippen molar-refractivity contribution in [3.8, 4) is 11.3 Å². The van der Waals surface area contributed by atoms with Crippen LogP contribution in [-0.2, 0) is 11.2 Å². The average molecular weight is 414 g/mol. The van der Waals surface area contributed by atoms with Gasteiger partial charge in [0.25, 0.3) is 0 Å². The molecular formula is C25H27N5O. The number of aryl methyl sites for hydroxylation is 2. The van der Waals surface area contributed by atoms with Crippen molar-refractivity contribution in [1.82, 2.24) is 15.2 Å². The van der Waals surface area contributed by atoms with Gasteiger partial charge in [-0.05, 0) is 68.5 Å². The van der Waals surface area contributed by atoms with Gasteiger partial charge >= 0.3 is 0 Å². The summed E-state index contributed by atoms with van der Waals surface area (Å²) in [6, 6.07) is 14.3. The van der Waals surface area contributed by atoms with Crippen LogP contribution in [0.25, 0.3) is 11.3 Å². The predicted molar refractivity (Wildman–Crippen MR) is 122 cm³/mol. The fourth-order valence-electron chi connectivity index (χ4n) is 4.70. The molecule has 6 nitrogen and oxygen atoms in total. The zero-order valence-corrected chi connectivity index (χ0v) is 17.9. The number of carbonyl (C=O) groups is 1. The van der Waals surface area contributed by atoms with Gasteiger partial charge in [-0.2, -0.15) is 0 Å². The minimum absolute atomic E-state index is 0.0764. The lowest BCUT2D eigenvalue weighted by atomic mass is 9.92. The van der Waals surface area contributed by atoms with Crippen LogP contribution in [0.4, 0.5) is 11.5 Å². The number of carbonyl (C=O) groups excluding carboxylic acids is 1. The van der Waals surface area contributed by atoms with Crippen molar-refractivity contribution in [3.05, 3.63) is 66.0 Å². The zero-order chi connectivity index (χ0) is 21.2. The number of aromatic nitrogens is 3. The Balaban J connectivity index is 1.23. The third-order valence-electron chi connectivity index (χ3n) is 6.41. The second-order valence-electron chi connectivity index (χ2n) is 8.50. The van der Waals surface area contributed by atoms with Crippen molar-refractivity contribution in [2.45, 2.75) is 32.6 Å². The Kier molecular flexibility index (Phi) is 5.37. The number of rotatable bonds is 3. The first-order valence-electron chi connectivity index (χ1n) is 11.1. The molecule has 6 heteroatoms. The number of pyridine rings is 1. The van der Waals surface area contributed by atoms with E-state index >= 15 is 0 Å². The molecule has 0 atom stereocenters. The molecule has 2 aromatic heterocycles.